The van der Waals surface area contributed by atoms with E-state index in [1.54, 1.807) is 6.92 Å². The van der Waals surface area contributed by atoms with Gasteiger partial charge in [-0.05, 0) is 6.92 Å². The van der Waals surface area contributed by atoms with Gasteiger partial charge >= 0.3 is 5.97 Å². The summed E-state index contributed by atoms with van der Waals surface area (Å²) in [7, 11) is 4.21. The van der Waals surface area contributed by atoms with Crippen LogP contribution in [-0.4, -0.2) is 49.6 Å². The Morgan fingerprint density at radius 1 is 1.40 bits per heavy atom. The number of hydrogen-bond donors (Lipinski definition) is 0. The largest absolute Gasteiger partial charge is 1.00 e. The maximum Gasteiger partial charge on any atom is 0.333 e. The van der Waals surface area contributed by atoms with Crippen LogP contribution in [-0.2, 0) is 9.53 Å². The number of hydrogen-bond acceptors (Lipinski definition) is 2. The van der Waals surface area contributed by atoms with Crippen LogP contribution < -0.4 is 17.0 Å². The van der Waals surface area contributed by atoms with Crippen molar-refractivity contribution >= 4 is 21.9 Å². The van der Waals surface area contributed by atoms with Gasteiger partial charge in [-0.25, -0.2) is 4.79 Å². The second kappa shape index (κ2) is 8.30. The van der Waals surface area contributed by atoms with Crippen LogP contribution in [0.2, 0.25) is 0 Å². The first kappa shape index (κ1) is 17.5. The zero-order valence-electron chi connectivity index (χ0n) is 9.56. The lowest BCUT2D eigenvalue weighted by atomic mass is 10.4. The van der Waals surface area contributed by atoms with Gasteiger partial charge in [-0.2, -0.15) is 0 Å². The van der Waals surface area contributed by atoms with Gasteiger partial charge in [-0.1, -0.05) is 22.5 Å². The third-order valence-corrected chi connectivity index (χ3v) is 2.32. The summed E-state index contributed by atoms with van der Waals surface area (Å²) >= 11 is 3.39. The molecule has 0 aromatic carbocycles. The average Bonchev–Trinajstić information content (AvgIpc) is 2.03. The molecule has 0 fully saturated rings. The van der Waals surface area contributed by atoms with Crippen molar-refractivity contribution in [1.29, 1.82) is 0 Å². The molecule has 0 N–H and O–H groups in total. The molecular weight excluding hydrogens is 326 g/mol. The van der Waals surface area contributed by atoms with E-state index in [0.29, 0.717) is 12.2 Å². The zero-order chi connectivity index (χ0) is 11.2. The Kier molecular flexibility index (Phi) is 9.70. The molecule has 0 aliphatic heterocycles. The van der Waals surface area contributed by atoms with E-state index in [2.05, 4.69) is 36.6 Å². The molecule has 0 rings (SSSR count). The first-order valence-corrected chi connectivity index (χ1v) is 5.72. The predicted molar refractivity (Wildman–Crippen MR) is 61.4 cm³/mol. The number of carbonyl (C=O) groups is 1. The summed E-state index contributed by atoms with van der Waals surface area (Å²) < 4.78 is 5.86. The number of likely N-dealkylation sites (N-methyl/N-ethyl adjacent to an activating group) is 1. The highest BCUT2D eigenvalue weighted by molar-refractivity contribution is 9.09. The van der Waals surface area contributed by atoms with E-state index in [1.165, 1.54) is 0 Å². The van der Waals surface area contributed by atoms with Crippen LogP contribution in [0.3, 0.4) is 0 Å². The molecule has 3 nitrogen and oxygen atoms in total. The smallest absolute Gasteiger partial charge is 0.333 e. The minimum atomic E-state index is -0.302. The lowest BCUT2D eigenvalue weighted by Gasteiger charge is -2.28. The van der Waals surface area contributed by atoms with Crippen LogP contribution in [0.5, 0.6) is 0 Å². The van der Waals surface area contributed by atoms with Crippen molar-refractivity contribution in [2.45, 2.75) is 6.92 Å². The topological polar surface area (TPSA) is 26.3 Å². The minimum Gasteiger partial charge on any atom is -1.00 e. The minimum absolute atomic E-state index is 0. The number of ether oxygens (including phenoxy) is 1. The fraction of sp³-hybridized carbons (Fsp3) is 0.700. The third kappa shape index (κ3) is 9.08. The van der Waals surface area contributed by atoms with E-state index >= 15 is 0 Å². The van der Waals surface area contributed by atoms with Gasteiger partial charge in [-0.15, -0.1) is 0 Å². The van der Waals surface area contributed by atoms with Crippen molar-refractivity contribution in [2.24, 2.45) is 0 Å². The van der Waals surface area contributed by atoms with E-state index in [0.717, 1.165) is 22.9 Å². The molecule has 90 valence electrons. The SMILES string of the molecule is C=C(C)C(=O)OCC[N+](C)(C)CCBr.[Br-]. The second-order valence-electron chi connectivity index (χ2n) is 3.99. The summed E-state index contributed by atoms with van der Waals surface area (Å²) in [5.74, 6) is -0.302. The van der Waals surface area contributed by atoms with Crippen LogP contribution in [0.4, 0.5) is 0 Å². The second-order valence-corrected chi connectivity index (χ2v) is 4.78. The van der Waals surface area contributed by atoms with Gasteiger partial charge in [0.1, 0.15) is 13.2 Å². The molecule has 0 saturated heterocycles. The summed E-state index contributed by atoms with van der Waals surface area (Å²) in [6, 6.07) is 0. The number of nitrogens with zero attached hydrogens (tertiary/aromatic N) is 1. The normalized spacial score (nSPS) is 10.4. The van der Waals surface area contributed by atoms with Crippen molar-refractivity contribution in [3.63, 3.8) is 0 Å². The Bertz CT molecular complexity index is 217. The molecule has 0 bridgehead atoms. The molecule has 0 unspecified atom stereocenters. The first-order chi connectivity index (χ1) is 6.39. The summed E-state index contributed by atoms with van der Waals surface area (Å²) in [6.07, 6.45) is 0. The lowest BCUT2D eigenvalue weighted by molar-refractivity contribution is -0.887. The van der Waals surface area contributed by atoms with E-state index in [4.69, 9.17) is 4.74 Å². The Morgan fingerprint density at radius 3 is 2.33 bits per heavy atom. The molecule has 0 aliphatic carbocycles. The van der Waals surface area contributed by atoms with Crippen LogP contribution in [0.1, 0.15) is 6.92 Å². The van der Waals surface area contributed by atoms with Crippen molar-refractivity contribution in [3.05, 3.63) is 12.2 Å². The maximum atomic E-state index is 11.0. The van der Waals surface area contributed by atoms with Crippen LogP contribution >= 0.6 is 15.9 Å². The molecule has 0 spiro atoms. The van der Waals surface area contributed by atoms with Crippen molar-refractivity contribution < 1.29 is 31.0 Å². The average molecular weight is 345 g/mol. The first-order valence-electron chi connectivity index (χ1n) is 4.59. The van der Waals surface area contributed by atoms with Gasteiger partial charge in [-0.3, -0.25) is 0 Å². The van der Waals surface area contributed by atoms with E-state index in [9.17, 15) is 4.79 Å². The fourth-order valence-electron chi connectivity index (χ4n) is 0.849. The standard InChI is InChI=1S/C10H19BrNO2.BrH/c1-9(2)10(13)14-8-7-12(3,4)6-5-11;/h1,5-8H2,2-4H3;1H/q+1;/p-1. The molecule has 0 aromatic heterocycles. The Morgan fingerprint density at radius 2 is 1.93 bits per heavy atom. The van der Waals surface area contributed by atoms with E-state index in [-0.39, 0.29) is 23.0 Å². The molecular formula is C10H19Br2NO2. The molecule has 0 saturated carbocycles. The maximum absolute atomic E-state index is 11.0. The predicted octanol–water partition coefficient (Wildman–Crippen LogP) is -1.42. The Labute approximate surface area is 111 Å². The van der Waals surface area contributed by atoms with Gasteiger partial charge < -0.3 is 26.2 Å². The van der Waals surface area contributed by atoms with Crippen LogP contribution in [0, 0.1) is 0 Å². The molecule has 0 atom stereocenters. The van der Waals surface area contributed by atoms with Crippen molar-refractivity contribution in [3.8, 4) is 0 Å². The van der Waals surface area contributed by atoms with E-state index in [1.807, 2.05) is 0 Å². The molecule has 5 heteroatoms. The molecule has 15 heavy (non-hydrogen) atoms. The molecule has 0 aromatic rings. The molecule has 0 amide bonds. The monoisotopic (exact) mass is 343 g/mol. The highest BCUT2D eigenvalue weighted by Gasteiger charge is 2.14. The Hall–Kier alpha value is 0.130. The highest BCUT2D eigenvalue weighted by Crippen LogP contribution is 1.99. The number of halogens is 2. The summed E-state index contributed by atoms with van der Waals surface area (Å²) in [5, 5.41) is 0.953. The summed E-state index contributed by atoms with van der Waals surface area (Å²) in [4.78, 5) is 11.0. The quantitative estimate of drug-likeness (QED) is 0.256. The molecule has 0 heterocycles. The van der Waals surface area contributed by atoms with Gasteiger partial charge in [0.2, 0.25) is 0 Å². The number of esters is 1. The molecule has 0 aliphatic rings. The van der Waals surface area contributed by atoms with Crippen LogP contribution in [0.15, 0.2) is 12.2 Å². The van der Waals surface area contributed by atoms with Crippen molar-refractivity contribution in [1.82, 2.24) is 0 Å². The van der Waals surface area contributed by atoms with Crippen molar-refractivity contribution in [2.75, 3.05) is 39.1 Å². The zero-order valence-corrected chi connectivity index (χ0v) is 12.7. The number of rotatable bonds is 6. The number of quaternary nitrogens is 1. The third-order valence-electron chi connectivity index (χ3n) is 1.97. The Balaban J connectivity index is 0. The fourth-order valence-corrected chi connectivity index (χ4v) is 1.81. The summed E-state index contributed by atoms with van der Waals surface area (Å²) in [6.45, 7) is 7.47. The summed E-state index contributed by atoms with van der Waals surface area (Å²) in [5.41, 5.74) is 0.454. The van der Waals surface area contributed by atoms with Gasteiger partial charge in [0.25, 0.3) is 0 Å². The number of alkyl halides is 1. The van der Waals surface area contributed by atoms with Gasteiger partial charge in [0.15, 0.2) is 0 Å². The van der Waals surface area contributed by atoms with Crippen LogP contribution in [0.25, 0.3) is 0 Å². The lowest BCUT2D eigenvalue weighted by Crippen LogP contribution is -3.00. The van der Waals surface area contributed by atoms with Gasteiger partial charge in [0, 0.05) is 5.57 Å². The molecule has 0 radical (unpaired) electrons. The van der Waals surface area contributed by atoms with Gasteiger partial charge in [0.05, 0.1) is 26.0 Å². The number of carbonyl (C=O) groups excluding carboxylic acids is 1. The van der Waals surface area contributed by atoms with E-state index < -0.39 is 0 Å². The highest BCUT2D eigenvalue weighted by atomic mass is 79.9.